The summed E-state index contributed by atoms with van der Waals surface area (Å²) in [6.07, 6.45) is 5.41. The van der Waals surface area contributed by atoms with Gasteiger partial charge in [-0.1, -0.05) is 11.6 Å². The van der Waals surface area contributed by atoms with Gasteiger partial charge in [0.15, 0.2) is 0 Å². The summed E-state index contributed by atoms with van der Waals surface area (Å²) in [5, 5.41) is 10.5. The minimum atomic E-state index is -0.411. The lowest BCUT2D eigenvalue weighted by Crippen LogP contribution is -1.94. The third-order valence-electron chi connectivity index (χ3n) is 1.72. The maximum atomic E-state index is 10.5. The van der Waals surface area contributed by atoms with Crippen molar-refractivity contribution in [3.05, 3.63) is 39.4 Å². The topological polar surface area (TPSA) is 43.1 Å². The highest BCUT2D eigenvalue weighted by Gasteiger charge is 2.11. The van der Waals surface area contributed by atoms with Crippen LogP contribution in [0.3, 0.4) is 0 Å². The molecule has 0 atom stereocenters. The van der Waals surface area contributed by atoms with E-state index >= 15 is 0 Å². The number of hydrogen-bond donors (Lipinski definition) is 0. The molecule has 0 unspecified atom stereocenters. The van der Waals surface area contributed by atoms with E-state index in [2.05, 4.69) is 5.92 Å². The van der Waals surface area contributed by atoms with Gasteiger partial charge in [-0.05, 0) is 13.0 Å². The Morgan fingerprint density at radius 3 is 2.85 bits per heavy atom. The lowest BCUT2D eigenvalue weighted by Gasteiger charge is -1.99. The number of hydrogen-bond acceptors (Lipinski definition) is 2. The van der Waals surface area contributed by atoms with Gasteiger partial charge < -0.3 is 0 Å². The highest BCUT2D eigenvalue weighted by Crippen LogP contribution is 2.19. The molecule has 13 heavy (non-hydrogen) atoms. The van der Waals surface area contributed by atoms with Gasteiger partial charge in [0, 0.05) is 18.1 Å². The molecule has 0 saturated heterocycles. The van der Waals surface area contributed by atoms with E-state index in [4.69, 9.17) is 6.42 Å². The normalized spacial score (nSPS) is 9.23. The quantitative estimate of drug-likeness (QED) is 0.392. The van der Waals surface area contributed by atoms with E-state index < -0.39 is 4.92 Å². The lowest BCUT2D eigenvalue weighted by molar-refractivity contribution is -0.385. The summed E-state index contributed by atoms with van der Waals surface area (Å²) in [4.78, 5) is 10.1. The second-order valence-corrected chi connectivity index (χ2v) is 2.77. The Morgan fingerprint density at radius 2 is 2.31 bits per heavy atom. The second kappa shape index (κ2) is 3.72. The maximum Gasteiger partial charge on any atom is 0.273 e. The summed E-state index contributed by atoms with van der Waals surface area (Å²) in [5.41, 5.74) is 1.69. The second-order valence-electron chi connectivity index (χ2n) is 2.77. The van der Waals surface area contributed by atoms with Crippen LogP contribution in [0.5, 0.6) is 0 Å². The zero-order chi connectivity index (χ0) is 9.84. The minimum absolute atomic E-state index is 0.101. The monoisotopic (exact) mass is 175 g/mol. The smallest absolute Gasteiger partial charge is 0.258 e. The number of nitrogens with zero attached hydrogens (tertiary/aromatic N) is 1. The van der Waals surface area contributed by atoms with Crippen molar-refractivity contribution in [2.75, 3.05) is 0 Å². The molecule has 3 nitrogen and oxygen atoms in total. The van der Waals surface area contributed by atoms with Crippen LogP contribution in [0.2, 0.25) is 0 Å². The Labute approximate surface area is 76.5 Å². The first kappa shape index (κ1) is 9.27. The molecule has 0 aliphatic carbocycles. The predicted octanol–water partition coefficient (Wildman–Crippen LogP) is 2.08. The molecular weight excluding hydrogens is 166 g/mol. The molecule has 0 heterocycles. The van der Waals surface area contributed by atoms with Crippen LogP contribution in [0, 0.1) is 29.4 Å². The molecular formula is C10H9NO2. The SMILES string of the molecule is C#CCc1cc(C)ccc1[N+](=O)[O-]. The van der Waals surface area contributed by atoms with Crippen LogP contribution in [0.4, 0.5) is 5.69 Å². The van der Waals surface area contributed by atoms with Crippen LogP contribution >= 0.6 is 0 Å². The van der Waals surface area contributed by atoms with E-state index in [9.17, 15) is 10.1 Å². The standard InChI is InChI=1S/C10H9NO2/c1-3-4-9-7-8(2)5-6-10(9)11(12)13/h1,5-7H,4H2,2H3. The highest BCUT2D eigenvalue weighted by atomic mass is 16.6. The van der Waals surface area contributed by atoms with Gasteiger partial charge in [-0.2, -0.15) is 0 Å². The van der Waals surface area contributed by atoms with Gasteiger partial charge in [0.25, 0.3) is 5.69 Å². The van der Waals surface area contributed by atoms with Crippen LogP contribution in [0.1, 0.15) is 11.1 Å². The van der Waals surface area contributed by atoms with Crippen LogP contribution in [0.25, 0.3) is 0 Å². The van der Waals surface area contributed by atoms with Crippen LogP contribution in [0.15, 0.2) is 18.2 Å². The molecule has 0 fully saturated rings. The van der Waals surface area contributed by atoms with Gasteiger partial charge in [0.2, 0.25) is 0 Å². The summed E-state index contributed by atoms with van der Waals surface area (Å²) < 4.78 is 0. The fourth-order valence-electron chi connectivity index (χ4n) is 1.14. The Kier molecular flexibility index (Phi) is 2.65. The number of rotatable bonds is 2. The van der Waals surface area contributed by atoms with Crippen molar-refractivity contribution in [2.45, 2.75) is 13.3 Å². The largest absolute Gasteiger partial charge is 0.273 e. The van der Waals surface area contributed by atoms with E-state index in [1.165, 1.54) is 6.07 Å². The van der Waals surface area contributed by atoms with Crippen molar-refractivity contribution in [3.63, 3.8) is 0 Å². The number of aryl methyl sites for hydroxylation is 1. The van der Waals surface area contributed by atoms with Gasteiger partial charge >= 0.3 is 0 Å². The number of terminal acetylenes is 1. The molecule has 0 amide bonds. The van der Waals surface area contributed by atoms with Crippen molar-refractivity contribution in [2.24, 2.45) is 0 Å². The third kappa shape index (κ3) is 2.06. The maximum absolute atomic E-state index is 10.5. The van der Waals surface area contributed by atoms with Crippen LogP contribution in [-0.2, 0) is 6.42 Å². The van der Waals surface area contributed by atoms with Gasteiger partial charge in [0.1, 0.15) is 0 Å². The zero-order valence-electron chi connectivity index (χ0n) is 7.28. The fourth-order valence-corrected chi connectivity index (χ4v) is 1.14. The third-order valence-corrected chi connectivity index (χ3v) is 1.72. The Bertz CT molecular complexity index is 377. The summed E-state index contributed by atoms with van der Waals surface area (Å²) in [6.45, 7) is 1.88. The van der Waals surface area contributed by atoms with Gasteiger partial charge in [-0.25, -0.2) is 0 Å². The first-order chi connectivity index (χ1) is 6.15. The molecule has 3 heteroatoms. The van der Waals surface area contributed by atoms with Crippen molar-refractivity contribution in [1.29, 1.82) is 0 Å². The number of benzene rings is 1. The lowest BCUT2D eigenvalue weighted by atomic mass is 10.1. The average Bonchev–Trinajstić information content (AvgIpc) is 2.04. The van der Waals surface area contributed by atoms with E-state index in [1.54, 1.807) is 12.1 Å². The van der Waals surface area contributed by atoms with Crippen molar-refractivity contribution >= 4 is 5.69 Å². The molecule has 0 saturated carbocycles. The number of nitro groups is 1. The van der Waals surface area contributed by atoms with Crippen molar-refractivity contribution in [3.8, 4) is 12.3 Å². The van der Waals surface area contributed by atoms with Gasteiger partial charge in [-0.15, -0.1) is 12.3 Å². The molecule has 0 bridgehead atoms. The van der Waals surface area contributed by atoms with Gasteiger partial charge in [-0.3, -0.25) is 10.1 Å². The summed E-state index contributed by atoms with van der Waals surface area (Å²) >= 11 is 0. The molecule has 0 radical (unpaired) electrons. The number of nitro benzene ring substituents is 1. The van der Waals surface area contributed by atoms with Crippen LogP contribution in [-0.4, -0.2) is 4.92 Å². The van der Waals surface area contributed by atoms with E-state index in [0.717, 1.165) is 5.56 Å². The van der Waals surface area contributed by atoms with E-state index in [0.29, 0.717) is 12.0 Å². The first-order valence-corrected chi connectivity index (χ1v) is 3.82. The Morgan fingerprint density at radius 1 is 1.62 bits per heavy atom. The predicted molar refractivity (Wildman–Crippen MR) is 50.4 cm³/mol. The average molecular weight is 175 g/mol. The van der Waals surface area contributed by atoms with Crippen molar-refractivity contribution < 1.29 is 4.92 Å². The molecule has 1 aromatic rings. The van der Waals surface area contributed by atoms with E-state index in [1.807, 2.05) is 6.92 Å². The molecule has 0 aliphatic heterocycles. The molecule has 1 aromatic carbocycles. The molecule has 0 N–H and O–H groups in total. The van der Waals surface area contributed by atoms with Crippen molar-refractivity contribution in [1.82, 2.24) is 0 Å². The fraction of sp³-hybridized carbons (Fsp3) is 0.200. The van der Waals surface area contributed by atoms with Gasteiger partial charge in [0.05, 0.1) is 4.92 Å². The highest BCUT2D eigenvalue weighted by molar-refractivity contribution is 5.44. The minimum Gasteiger partial charge on any atom is -0.258 e. The Hall–Kier alpha value is -1.82. The summed E-state index contributed by atoms with van der Waals surface area (Å²) in [6, 6.07) is 4.94. The summed E-state index contributed by atoms with van der Waals surface area (Å²) in [7, 11) is 0. The first-order valence-electron chi connectivity index (χ1n) is 3.82. The Balaban J connectivity index is 3.20. The molecule has 0 aromatic heterocycles. The zero-order valence-corrected chi connectivity index (χ0v) is 7.28. The molecule has 66 valence electrons. The molecule has 1 rings (SSSR count). The van der Waals surface area contributed by atoms with Crippen LogP contribution < -0.4 is 0 Å². The van der Waals surface area contributed by atoms with E-state index in [-0.39, 0.29) is 5.69 Å². The molecule has 0 spiro atoms. The molecule has 0 aliphatic rings. The summed E-state index contributed by atoms with van der Waals surface area (Å²) in [5.74, 6) is 2.40.